The van der Waals surface area contributed by atoms with Crippen LogP contribution in [0.3, 0.4) is 0 Å². The molecule has 0 radical (unpaired) electrons. The van der Waals surface area contributed by atoms with Gasteiger partial charge < -0.3 is 0 Å². The molecule has 140 valence electrons. The van der Waals surface area contributed by atoms with E-state index in [1.807, 2.05) is 6.07 Å². The molecular formula is C17H18N6O2S2. The SMILES string of the molecule is CC1CCc2sc(C(=O)NNC(=O)Cc3csc(-c4ncn[nH]4)n3)cc2C1. The zero-order chi connectivity index (χ0) is 18.8. The van der Waals surface area contributed by atoms with E-state index in [0.717, 1.165) is 19.3 Å². The largest absolute Gasteiger partial charge is 0.279 e. The van der Waals surface area contributed by atoms with Crippen molar-refractivity contribution in [2.45, 2.75) is 32.6 Å². The molecule has 8 nitrogen and oxygen atoms in total. The van der Waals surface area contributed by atoms with Gasteiger partial charge in [-0.1, -0.05) is 6.92 Å². The average molecular weight is 403 g/mol. The highest BCUT2D eigenvalue weighted by Crippen LogP contribution is 2.32. The summed E-state index contributed by atoms with van der Waals surface area (Å²) in [5, 5.41) is 8.96. The fourth-order valence-electron chi connectivity index (χ4n) is 3.02. The van der Waals surface area contributed by atoms with Gasteiger partial charge in [-0.15, -0.1) is 22.7 Å². The fraction of sp³-hybridized carbons (Fsp3) is 0.353. The van der Waals surface area contributed by atoms with E-state index in [1.165, 1.54) is 39.4 Å². The van der Waals surface area contributed by atoms with Crippen LogP contribution in [0.1, 0.15) is 39.2 Å². The number of carbonyl (C=O) groups is 2. The summed E-state index contributed by atoms with van der Waals surface area (Å²) in [7, 11) is 0. The molecule has 0 fully saturated rings. The van der Waals surface area contributed by atoms with Crippen LogP contribution in [0.5, 0.6) is 0 Å². The minimum Gasteiger partial charge on any atom is -0.273 e. The molecule has 1 aliphatic carbocycles. The van der Waals surface area contributed by atoms with E-state index in [9.17, 15) is 9.59 Å². The molecule has 3 N–H and O–H groups in total. The Morgan fingerprint density at radius 3 is 3.07 bits per heavy atom. The van der Waals surface area contributed by atoms with E-state index in [0.29, 0.717) is 27.3 Å². The van der Waals surface area contributed by atoms with E-state index >= 15 is 0 Å². The minimum atomic E-state index is -0.326. The zero-order valence-electron chi connectivity index (χ0n) is 14.6. The molecule has 3 heterocycles. The summed E-state index contributed by atoms with van der Waals surface area (Å²) < 4.78 is 0. The maximum Gasteiger partial charge on any atom is 0.279 e. The lowest BCUT2D eigenvalue weighted by molar-refractivity contribution is -0.121. The van der Waals surface area contributed by atoms with Crippen molar-refractivity contribution in [2.24, 2.45) is 5.92 Å². The third-order valence-corrected chi connectivity index (χ3v) is 6.51. The second-order valence-electron chi connectivity index (χ2n) is 6.56. The van der Waals surface area contributed by atoms with Crippen LogP contribution in [0.25, 0.3) is 10.8 Å². The fourth-order valence-corrected chi connectivity index (χ4v) is 4.89. The first-order chi connectivity index (χ1) is 13.1. The number of fused-ring (bicyclic) bond motifs is 1. The molecular weight excluding hydrogens is 384 g/mol. The highest BCUT2D eigenvalue weighted by atomic mass is 32.1. The Balaban J connectivity index is 1.31. The van der Waals surface area contributed by atoms with Gasteiger partial charge >= 0.3 is 0 Å². The highest BCUT2D eigenvalue weighted by Gasteiger charge is 2.21. The summed E-state index contributed by atoms with van der Waals surface area (Å²) in [4.78, 5) is 34.7. The van der Waals surface area contributed by atoms with Crippen molar-refractivity contribution in [3.05, 3.63) is 38.8 Å². The highest BCUT2D eigenvalue weighted by molar-refractivity contribution is 7.14. The molecule has 2 amide bonds. The molecule has 27 heavy (non-hydrogen) atoms. The quantitative estimate of drug-likeness (QED) is 0.579. The van der Waals surface area contributed by atoms with Gasteiger partial charge in [0.05, 0.1) is 17.0 Å². The van der Waals surface area contributed by atoms with Crippen LogP contribution < -0.4 is 10.9 Å². The predicted octanol–water partition coefficient (Wildman–Crippen LogP) is 2.12. The first kappa shape index (κ1) is 17.8. The topological polar surface area (TPSA) is 113 Å². The van der Waals surface area contributed by atoms with Crippen molar-refractivity contribution in [1.82, 2.24) is 31.0 Å². The maximum atomic E-state index is 12.3. The molecule has 0 saturated carbocycles. The summed E-state index contributed by atoms with van der Waals surface area (Å²) in [5.41, 5.74) is 6.82. The molecule has 0 aromatic carbocycles. The number of aromatic amines is 1. The van der Waals surface area contributed by atoms with Gasteiger partial charge in [0, 0.05) is 10.3 Å². The van der Waals surface area contributed by atoms with E-state index in [4.69, 9.17) is 0 Å². The Bertz CT molecular complexity index is 962. The standard InChI is InChI=1S/C17H18N6O2S2/c1-9-2-3-12-10(4-9)5-13(27-12)16(25)23-21-14(24)6-11-7-26-17(20-11)15-18-8-19-22-15/h5,7-9H,2-4,6H2,1H3,(H,21,24)(H,23,25)(H,18,19,22). The summed E-state index contributed by atoms with van der Waals surface area (Å²) in [6, 6.07) is 1.95. The van der Waals surface area contributed by atoms with Gasteiger partial charge in [-0.2, -0.15) is 5.10 Å². The number of carbonyl (C=O) groups excluding carboxylic acids is 2. The van der Waals surface area contributed by atoms with Crippen molar-refractivity contribution in [2.75, 3.05) is 0 Å². The third kappa shape index (κ3) is 4.06. The monoisotopic (exact) mass is 402 g/mol. The lowest BCUT2D eigenvalue weighted by Gasteiger charge is -2.16. The number of hydrazine groups is 1. The number of rotatable bonds is 4. The predicted molar refractivity (Wildman–Crippen MR) is 102 cm³/mol. The van der Waals surface area contributed by atoms with Crippen LogP contribution in [0, 0.1) is 5.92 Å². The van der Waals surface area contributed by atoms with Crippen molar-refractivity contribution >= 4 is 34.5 Å². The molecule has 0 bridgehead atoms. The number of thiophene rings is 1. The number of nitrogens with one attached hydrogen (secondary N) is 3. The summed E-state index contributed by atoms with van der Waals surface area (Å²) in [5.74, 6) is 0.613. The molecule has 1 aliphatic rings. The van der Waals surface area contributed by atoms with Gasteiger partial charge in [0.25, 0.3) is 5.91 Å². The number of hydrogen-bond acceptors (Lipinski definition) is 7. The maximum absolute atomic E-state index is 12.3. The lowest BCUT2D eigenvalue weighted by atomic mass is 9.90. The van der Waals surface area contributed by atoms with Crippen LogP contribution in [0.4, 0.5) is 0 Å². The smallest absolute Gasteiger partial charge is 0.273 e. The molecule has 0 saturated heterocycles. The van der Waals surface area contributed by atoms with Gasteiger partial charge in [0.1, 0.15) is 6.33 Å². The summed E-state index contributed by atoms with van der Waals surface area (Å²) in [6.07, 6.45) is 4.68. The first-order valence-electron chi connectivity index (χ1n) is 8.59. The van der Waals surface area contributed by atoms with Crippen molar-refractivity contribution in [1.29, 1.82) is 0 Å². The first-order valence-corrected chi connectivity index (χ1v) is 10.3. The van der Waals surface area contributed by atoms with E-state index in [-0.39, 0.29) is 18.2 Å². The second kappa shape index (κ2) is 7.57. The summed E-state index contributed by atoms with van der Waals surface area (Å²) in [6.45, 7) is 2.23. The number of aryl methyl sites for hydroxylation is 1. The average Bonchev–Trinajstić information content (AvgIpc) is 3.38. The normalized spacial score (nSPS) is 16.0. The molecule has 0 spiro atoms. The number of hydrogen-bond donors (Lipinski definition) is 3. The van der Waals surface area contributed by atoms with Gasteiger partial charge in [-0.3, -0.25) is 25.5 Å². The Hall–Kier alpha value is -2.59. The molecule has 1 atom stereocenters. The number of thiazole rings is 1. The molecule has 4 rings (SSSR count). The Labute approximate surface area is 163 Å². The van der Waals surface area contributed by atoms with Crippen LogP contribution >= 0.6 is 22.7 Å². The van der Waals surface area contributed by atoms with Crippen LogP contribution in [-0.2, 0) is 24.1 Å². The van der Waals surface area contributed by atoms with Crippen LogP contribution in [0.2, 0.25) is 0 Å². The van der Waals surface area contributed by atoms with Gasteiger partial charge in [0.2, 0.25) is 5.91 Å². The number of H-pyrrole nitrogens is 1. The van der Waals surface area contributed by atoms with Crippen molar-refractivity contribution in [3.8, 4) is 10.8 Å². The van der Waals surface area contributed by atoms with Crippen molar-refractivity contribution < 1.29 is 9.59 Å². The molecule has 0 aliphatic heterocycles. The van der Waals surface area contributed by atoms with Crippen molar-refractivity contribution in [3.63, 3.8) is 0 Å². The number of amides is 2. The Kier molecular flexibility index (Phi) is 4.99. The minimum absolute atomic E-state index is 0.0728. The molecule has 1 unspecified atom stereocenters. The number of nitrogens with zero attached hydrogens (tertiary/aromatic N) is 3. The molecule has 10 heteroatoms. The van der Waals surface area contributed by atoms with E-state index in [1.54, 1.807) is 5.38 Å². The lowest BCUT2D eigenvalue weighted by Crippen LogP contribution is -2.42. The van der Waals surface area contributed by atoms with Crippen LogP contribution in [0.15, 0.2) is 17.8 Å². The van der Waals surface area contributed by atoms with Gasteiger partial charge in [-0.05, 0) is 36.8 Å². The zero-order valence-corrected chi connectivity index (χ0v) is 16.2. The third-order valence-electron chi connectivity index (χ3n) is 4.38. The van der Waals surface area contributed by atoms with Crippen LogP contribution in [-0.4, -0.2) is 32.0 Å². The number of aromatic nitrogens is 4. The van der Waals surface area contributed by atoms with E-state index in [2.05, 4.69) is 37.9 Å². The Morgan fingerprint density at radius 1 is 1.37 bits per heavy atom. The Morgan fingerprint density at radius 2 is 2.26 bits per heavy atom. The summed E-state index contributed by atoms with van der Waals surface area (Å²) >= 11 is 2.89. The van der Waals surface area contributed by atoms with E-state index < -0.39 is 0 Å². The molecule has 3 aromatic rings. The van der Waals surface area contributed by atoms with Gasteiger partial charge in [0.15, 0.2) is 10.8 Å². The molecule has 3 aromatic heterocycles. The second-order valence-corrected chi connectivity index (χ2v) is 8.56. The van der Waals surface area contributed by atoms with Gasteiger partial charge in [-0.25, -0.2) is 9.97 Å².